The average molecular weight is 461 g/mol. The fraction of sp³-hybridized carbons (Fsp3) is 0.167. The number of benzene rings is 2. The van der Waals surface area contributed by atoms with Crippen molar-refractivity contribution in [2.75, 3.05) is 11.1 Å². The predicted molar refractivity (Wildman–Crippen MR) is 128 cm³/mol. The second-order valence-corrected chi connectivity index (χ2v) is 8.39. The molecule has 2 aromatic carbocycles. The minimum absolute atomic E-state index is 0.140. The molecule has 0 aliphatic carbocycles. The number of amides is 2. The second-order valence-electron chi connectivity index (χ2n) is 7.45. The summed E-state index contributed by atoms with van der Waals surface area (Å²) in [6.45, 7) is 0. The molecule has 33 heavy (non-hydrogen) atoms. The first-order valence-corrected chi connectivity index (χ1v) is 11.3. The lowest BCUT2D eigenvalue weighted by atomic mass is 10.1. The number of carbonyl (C=O) groups excluding carboxylic acids is 2. The van der Waals surface area contributed by atoms with Gasteiger partial charge in [0.2, 0.25) is 5.91 Å². The molecule has 0 saturated carbocycles. The topological polar surface area (TPSA) is 93.8 Å². The van der Waals surface area contributed by atoms with Crippen LogP contribution in [0.15, 0.2) is 84.5 Å². The first-order chi connectivity index (χ1) is 16.0. The van der Waals surface area contributed by atoms with E-state index in [1.165, 1.54) is 11.8 Å². The van der Waals surface area contributed by atoms with Crippen LogP contribution in [0.25, 0.3) is 0 Å². The lowest BCUT2D eigenvalue weighted by molar-refractivity contribution is -0.113. The van der Waals surface area contributed by atoms with Crippen LogP contribution in [0.1, 0.15) is 27.8 Å². The van der Waals surface area contributed by atoms with Crippen molar-refractivity contribution in [2.24, 2.45) is 14.1 Å². The van der Waals surface area contributed by atoms with Gasteiger partial charge in [-0.05, 0) is 29.8 Å². The molecule has 0 saturated heterocycles. The zero-order valence-corrected chi connectivity index (χ0v) is 19.1. The van der Waals surface area contributed by atoms with E-state index in [9.17, 15) is 9.59 Å². The fourth-order valence-corrected chi connectivity index (χ4v) is 4.07. The van der Waals surface area contributed by atoms with Gasteiger partial charge in [-0.1, -0.05) is 42.1 Å². The summed E-state index contributed by atoms with van der Waals surface area (Å²) in [5, 5.41) is 6.69. The number of carbonyl (C=O) groups is 2. The van der Waals surface area contributed by atoms with E-state index in [-0.39, 0.29) is 23.6 Å². The Hall–Kier alpha value is -3.85. The van der Waals surface area contributed by atoms with E-state index in [2.05, 4.69) is 20.6 Å². The summed E-state index contributed by atoms with van der Waals surface area (Å²) >= 11 is 1.36. The SMILES string of the molecule is Cn1ccnc1SCC(=O)Nc1ccc(C(=O)NC(c2ccccc2)c2nccn2C)cc1. The molecule has 0 aliphatic heterocycles. The summed E-state index contributed by atoms with van der Waals surface area (Å²) in [5.74, 6) is 0.619. The molecular formula is C24H24N6O2S. The van der Waals surface area contributed by atoms with Gasteiger partial charge >= 0.3 is 0 Å². The van der Waals surface area contributed by atoms with Gasteiger partial charge in [0.1, 0.15) is 11.9 Å². The Bertz CT molecular complexity index is 1230. The number of aromatic nitrogens is 4. The first-order valence-electron chi connectivity index (χ1n) is 10.3. The molecule has 0 aliphatic rings. The lowest BCUT2D eigenvalue weighted by Gasteiger charge is -2.19. The van der Waals surface area contributed by atoms with E-state index in [4.69, 9.17) is 0 Å². The summed E-state index contributed by atoms with van der Waals surface area (Å²) in [6, 6.07) is 16.1. The van der Waals surface area contributed by atoms with Gasteiger partial charge in [0, 0.05) is 50.1 Å². The predicted octanol–water partition coefficient (Wildman–Crippen LogP) is 3.40. The largest absolute Gasteiger partial charge is 0.338 e. The molecule has 2 N–H and O–H groups in total. The van der Waals surface area contributed by atoms with E-state index in [0.29, 0.717) is 11.3 Å². The minimum Gasteiger partial charge on any atom is -0.338 e. The Balaban J connectivity index is 1.40. The molecule has 2 aromatic heterocycles. The molecule has 4 rings (SSSR count). The van der Waals surface area contributed by atoms with Gasteiger partial charge < -0.3 is 19.8 Å². The summed E-state index contributed by atoms with van der Waals surface area (Å²) in [7, 11) is 3.78. The van der Waals surface area contributed by atoms with Crippen LogP contribution in [0.4, 0.5) is 5.69 Å². The summed E-state index contributed by atoms with van der Waals surface area (Å²) in [5.41, 5.74) is 2.06. The number of imidazole rings is 2. The highest BCUT2D eigenvalue weighted by Gasteiger charge is 2.21. The number of aryl methyl sites for hydroxylation is 2. The third kappa shape index (κ3) is 5.50. The van der Waals surface area contributed by atoms with Crippen LogP contribution in [0.3, 0.4) is 0 Å². The van der Waals surface area contributed by atoms with Crippen LogP contribution in [0.5, 0.6) is 0 Å². The molecule has 0 spiro atoms. The van der Waals surface area contributed by atoms with Gasteiger partial charge in [-0.3, -0.25) is 9.59 Å². The molecule has 168 valence electrons. The maximum Gasteiger partial charge on any atom is 0.252 e. The molecule has 1 unspecified atom stereocenters. The number of hydrogen-bond donors (Lipinski definition) is 2. The van der Waals surface area contributed by atoms with E-state index in [0.717, 1.165) is 16.5 Å². The zero-order chi connectivity index (χ0) is 23.2. The molecule has 2 heterocycles. The van der Waals surface area contributed by atoms with Crippen LogP contribution < -0.4 is 10.6 Å². The molecule has 1 atom stereocenters. The summed E-state index contributed by atoms with van der Waals surface area (Å²) < 4.78 is 3.75. The molecule has 2 amide bonds. The summed E-state index contributed by atoms with van der Waals surface area (Å²) in [4.78, 5) is 33.8. The van der Waals surface area contributed by atoms with E-state index >= 15 is 0 Å². The number of thioether (sulfide) groups is 1. The van der Waals surface area contributed by atoms with Crippen LogP contribution >= 0.6 is 11.8 Å². The fourth-order valence-electron chi connectivity index (χ4n) is 3.34. The smallest absolute Gasteiger partial charge is 0.252 e. The number of nitrogens with one attached hydrogen (secondary N) is 2. The lowest BCUT2D eigenvalue weighted by Crippen LogP contribution is -2.31. The van der Waals surface area contributed by atoms with Crippen molar-refractivity contribution in [3.63, 3.8) is 0 Å². The van der Waals surface area contributed by atoms with Gasteiger partial charge in [-0.15, -0.1) is 0 Å². The molecule has 0 fully saturated rings. The average Bonchev–Trinajstić information content (AvgIpc) is 3.44. The zero-order valence-electron chi connectivity index (χ0n) is 18.3. The highest BCUT2D eigenvalue weighted by molar-refractivity contribution is 7.99. The maximum absolute atomic E-state index is 13.0. The molecule has 0 radical (unpaired) electrons. The number of hydrogen-bond acceptors (Lipinski definition) is 5. The van der Waals surface area contributed by atoms with Crippen molar-refractivity contribution in [3.05, 3.63) is 96.3 Å². The highest BCUT2D eigenvalue weighted by Crippen LogP contribution is 2.21. The molecular weight excluding hydrogens is 436 g/mol. The monoisotopic (exact) mass is 460 g/mol. The second kappa shape index (κ2) is 10.2. The highest BCUT2D eigenvalue weighted by atomic mass is 32.2. The third-order valence-corrected chi connectivity index (χ3v) is 6.12. The van der Waals surface area contributed by atoms with Crippen molar-refractivity contribution in [3.8, 4) is 0 Å². The van der Waals surface area contributed by atoms with Gasteiger partial charge in [0.25, 0.3) is 5.91 Å². The van der Waals surface area contributed by atoms with E-state index in [1.807, 2.05) is 66.0 Å². The molecule has 9 heteroatoms. The number of rotatable bonds is 8. The Morgan fingerprint density at radius 1 is 0.939 bits per heavy atom. The van der Waals surface area contributed by atoms with Crippen LogP contribution in [0, 0.1) is 0 Å². The Kier molecular flexibility index (Phi) is 6.89. The van der Waals surface area contributed by atoms with Gasteiger partial charge in [-0.25, -0.2) is 9.97 Å². The molecule has 0 bridgehead atoms. The molecule has 8 nitrogen and oxygen atoms in total. The van der Waals surface area contributed by atoms with Crippen molar-refractivity contribution >= 4 is 29.3 Å². The van der Waals surface area contributed by atoms with Crippen LogP contribution in [0.2, 0.25) is 0 Å². The third-order valence-electron chi connectivity index (χ3n) is 5.07. The van der Waals surface area contributed by atoms with E-state index < -0.39 is 0 Å². The van der Waals surface area contributed by atoms with Crippen molar-refractivity contribution in [1.29, 1.82) is 0 Å². The van der Waals surface area contributed by atoms with E-state index in [1.54, 1.807) is 36.7 Å². The van der Waals surface area contributed by atoms with Crippen molar-refractivity contribution in [2.45, 2.75) is 11.2 Å². The van der Waals surface area contributed by atoms with Crippen LogP contribution in [-0.2, 0) is 18.9 Å². The van der Waals surface area contributed by atoms with Gasteiger partial charge in [0.15, 0.2) is 5.16 Å². The Morgan fingerprint density at radius 3 is 2.27 bits per heavy atom. The van der Waals surface area contributed by atoms with Crippen LogP contribution in [-0.4, -0.2) is 36.7 Å². The normalized spacial score (nSPS) is 11.7. The number of anilines is 1. The quantitative estimate of drug-likeness (QED) is 0.393. The summed E-state index contributed by atoms with van der Waals surface area (Å²) in [6.07, 6.45) is 7.09. The minimum atomic E-state index is -0.388. The standard InChI is InChI=1S/C24H24N6O2S/c1-29-14-12-25-22(29)21(17-6-4-3-5-7-17)28-23(32)18-8-10-19(11-9-18)27-20(31)16-33-24-26-13-15-30(24)2/h3-15,21H,16H2,1-2H3,(H,27,31)(H,28,32). The molecule has 4 aromatic rings. The van der Waals surface area contributed by atoms with Gasteiger partial charge in [-0.2, -0.15) is 0 Å². The maximum atomic E-state index is 13.0. The number of nitrogens with zero attached hydrogens (tertiary/aromatic N) is 4. The Labute approximate surface area is 196 Å². The van der Waals surface area contributed by atoms with Crippen molar-refractivity contribution < 1.29 is 9.59 Å². The van der Waals surface area contributed by atoms with Gasteiger partial charge in [0.05, 0.1) is 5.75 Å². The Morgan fingerprint density at radius 2 is 1.64 bits per heavy atom. The first kappa shape index (κ1) is 22.3. The van der Waals surface area contributed by atoms with Crippen molar-refractivity contribution in [1.82, 2.24) is 24.4 Å².